The van der Waals surface area contributed by atoms with Gasteiger partial charge in [0.15, 0.2) is 0 Å². The number of benzene rings is 1. The maximum Gasteiger partial charge on any atom is 0.251 e. The Kier molecular flexibility index (Phi) is 6.60. The third-order valence-corrected chi connectivity index (χ3v) is 2.65. The minimum absolute atomic E-state index is 0.0159. The highest BCUT2D eigenvalue weighted by Crippen LogP contribution is 2.04. The van der Waals surface area contributed by atoms with Crippen molar-refractivity contribution in [1.29, 1.82) is 0 Å². The van der Waals surface area contributed by atoms with E-state index in [-0.39, 0.29) is 11.8 Å². The van der Waals surface area contributed by atoms with Crippen LogP contribution in [-0.4, -0.2) is 32.0 Å². The largest absolute Gasteiger partial charge is 0.352 e. The van der Waals surface area contributed by atoms with Crippen LogP contribution in [0.1, 0.15) is 29.3 Å². The van der Waals surface area contributed by atoms with E-state index in [0.29, 0.717) is 31.6 Å². The van der Waals surface area contributed by atoms with E-state index in [9.17, 15) is 9.59 Å². The van der Waals surface area contributed by atoms with Gasteiger partial charge < -0.3 is 16.0 Å². The van der Waals surface area contributed by atoms with Crippen molar-refractivity contribution in [2.45, 2.75) is 19.9 Å². The predicted octanol–water partition coefficient (Wildman–Crippen LogP) is 0.662. The smallest absolute Gasteiger partial charge is 0.251 e. The fourth-order valence-electron chi connectivity index (χ4n) is 1.56. The van der Waals surface area contributed by atoms with Crippen molar-refractivity contribution in [3.05, 3.63) is 35.4 Å². The lowest BCUT2D eigenvalue weighted by Crippen LogP contribution is -2.26. The second-order valence-electron chi connectivity index (χ2n) is 4.19. The average molecular weight is 263 g/mol. The van der Waals surface area contributed by atoms with Crippen LogP contribution in [0.4, 0.5) is 0 Å². The van der Waals surface area contributed by atoms with Gasteiger partial charge in [-0.3, -0.25) is 9.59 Å². The van der Waals surface area contributed by atoms with Crippen LogP contribution in [0, 0.1) is 0 Å². The fraction of sp³-hybridized carbons (Fsp3) is 0.429. The molecule has 0 saturated heterocycles. The summed E-state index contributed by atoms with van der Waals surface area (Å²) < 4.78 is 0. The van der Waals surface area contributed by atoms with Gasteiger partial charge in [0.2, 0.25) is 5.91 Å². The van der Waals surface area contributed by atoms with Crippen LogP contribution in [0.3, 0.4) is 0 Å². The van der Waals surface area contributed by atoms with Crippen molar-refractivity contribution in [3.63, 3.8) is 0 Å². The normalized spacial score (nSPS) is 10.0. The summed E-state index contributed by atoms with van der Waals surface area (Å²) in [5.41, 5.74) is 1.61. The zero-order chi connectivity index (χ0) is 14.1. The molecular formula is C14H21N3O2. The van der Waals surface area contributed by atoms with E-state index in [1.165, 1.54) is 0 Å². The fourth-order valence-corrected chi connectivity index (χ4v) is 1.56. The van der Waals surface area contributed by atoms with E-state index in [2.05, 4.69) is 16.0 Å². The molecule has 0 aliphatic rings. The lowest BCUT2D eigenvalue weighted by molar-refractivity contribution is -0.121. The highest BCUT2D eigenvalue weighted by Gasteiger charge is 2.04. The van der Waals surface area contributed by atoms with Gasteiger partial charge in [-0.2, -0.15) is 0 Å². The third-order valence-electron chi connectivity index (χ3n) is 2.65. The number of hydrogen-bond donors (Lipinski definition) is 3. The first kappa shape index (κ1) is 15.2. The molecule has 0 bridgehead atoms. The number of carbonyl (C=O) groups is 2. The average Bonchev–Trinajstić information content (AvgIpc) is 2.43. The van der Waals surface area contributed by atoms with Crippen molar-refractivity contribution in [2.24, 2.45) is 0 Å². The Labute approximate surface area is 113 Å². The summed E-state index contributed by atoms with van der Waals surface area (Å²) in [5.74, 6) is -0.0609. The van der Waals surface area contributed by atoms with Crippen LogP contribution in [0.2, 0.25) is 0 Å². The van der Waals surface area contributed by atoms with Gasteiger partial charge >= 0.3 is 0 Å². The molecule has 0 heterocycles. The molecule has 0 aromatic heterocycles. The van der Waals surface area contributed by atoms with Crippen LogP contribution in [0.15, 0.2) is 24.3 Å². The quantitative estimate of drug-likeness (QED) is 0.677. The molecule has 5 heteroatoms. The van der Waals surface area contributed by atoms with Gasteiger partial charge in [0, 0.05) is 31.6 Å². The van der Waals surface area contributed by atoms with Gasteiger partial charge in [0.25, 0.3) is 5.91 Å². The molecule has 1 aromatic rings. The molecule has 5 nitrogen and oxygen atoms in total. The summed E-state index contributed by atoms with van der Waals surface area (Å²) in [6.07, 6.45) is 0.466. The number of rotatable bonds is 7. The Hall–Kier alpha value is -1.88. The summed E-state index contributed by atoms with van der Waals surface area (Å²) in [6.45, 7) is 3.65. The number of nitrogens with one attached hydrogen (secondary N) is 3. The Morgan fingerprint density at radius 2 is 1.79 bits per heavy atom. The zero-order valence-electron chi connectivity index (χ0n) is 11.5. The molecule has 0 radical (unpaired) electrons. The van der Waals surface area contributed by atoms with Gasteiger partial charge in [-0.15, -0.1) is 0 Å². The monoisotopic (exact) mass is 263 g/mol. The zero-order valence-corrected chi connectivity index (χ0v) is 11.5. The van der Waals surface area contributed by atoms with E-state index in [0.717, 1.165) is 5.56 Å². The molecular weight excluding hydrogens is 242 g/mol. The van der Waals surface area contributed by atoms with Gasteiger partial charge in [-0.05, 0) is 31.7 Å². The number of amides is 2. The first-order valence-corrected chi connectivity index (χ1v) is 6.45. The molecule has 3 N–H and O–H groups in total. The maximum atomic E-state index is 11.6. The number of carbonyl (C=O) groups excluding carboxylic acids is 2. The Morgan fingerprint density at radius 3 is 2.37 bits per heavy atom. The first-order valence-electron chi connectivity index (χ1n) is 6.45. The number of hydrogen-bond acceptors (Lipinski definition) is 3. The van der Waals surface area contributed by atoms with Crippen molar-refractivity contribution in [1.82, 2.24) is 16.0 Å². The standard InChI is InChI=1S/C14H21N3O2/c1-3-16-14(19)12-6-4-11(5-7-12)10-17-13(18)8-9-15-2/h4-7,15H,3,8-10H2,1-2H3,(H,16,19)(H,17,18). The minimum atomic E-state index is -0.0768. The molecule has 0 atom stereocenters. The van der Waals surface area contributed by atoms with Gasteiger partial charge in [-0.25, -0.2) is 0 Å². The van der Waals surface area contributed by atoms with Crippen molar-refractivity contribution in [3.8, 4) is 0 Å². The van der Waals surface area contributed by atoms with Crippen molar-refractivity contribution >= 4 is 11.8 Å². The van der Waals surface area contributed by atoms with Gasteiger partial charge in [-0.1, -0.05) is 12.1 Å². The van der Waals surface area contributed by atoms with E-state index in [4.69, 9.17) is 0 Å². The van der Waals surface area contributed by atoms with Crippen LogP contribution >= 0.6 is 0 Å². The van der Waals surface area contributed by atoms with Crippen molar-refractivity contribution < 1.29 is 9.59 Å². The summed E-state index contributed by atoms with van der Waals surface area (Å²) in [6, 6.07) is 7.23. The van der Waals surface area contributed by atoms with Crippen LogP contribution in [0.5, 0.6) is 0 Å². The molecule has 0 unspecified atom stereocenters. The highest BCUT2D eigenvalue weighted by molar-refractivity contribution is 5.94. The Balaban J connectivity index is 2.44. The van der Waals surface area contributed by atoms with Gasteiger partial charge in [0.1, 0.15) is 0 Å². The lowest BCUT2D eigenvalue weighted by Gasteiger charge is -2.06. The molecule has 0 saturated carbocycles. The molecule has 0 aliphatic heterocycles. The van der Waals surface area contributed by atoms with Crippen molar-refractivity contribution in [2.75, 3.05) is 20.1 Å². The van der Waals surface area contributed by atoms with Crippen LogP contribution < -0.4 is 16.0 Å². The van der Waals surface area contributed by atoms with E-state index >= 15 is 0 Å². The summed E-state index contributed by atoms with van der Waals surface area (Å²) in [5, 5.41) is 8.49. The van der Waals surface area contributed by atoms with Gasteiger partial charge in [0.05, 0.1) is 0 Å². The minimum Gasteiger partial charge on any atom is -0.352 e. The summed E-state index contributed by atoms with van der Waals surface area (Å²) in [4.78, 5) is 23.0. The summed E-state index contributed by atoms with van der Waals surface area (Å²) >= 11 is 0. The van der Waals surface area contributed by atoms with E-state index < -0.39 is 0 Å². The van der Waals surface area contributed by atoms with Crippen LogP contribution in [0.25, 0.3) is 0 Å². The molecule has 0 fully saturated rings. The predicted molar refractivity (Wildman–Crippen MR) is 74.8 cm³/mol. The third kappa shape index (κ3) is 5.52. The lowest BCUT2D eigenvalue weighted by atomic mass is 10.1. The topological polar surface area (TPSA) is 70.2 Å². The second kappa shape index (κ2) is 8.26. The van der Waals surface area contributed by atoms with E-state index in [1.54, 1.807) is 12.1 Å². The molecule has 1 rings (SSSR count). The maximum absolute atomic E-state index is 11.6. The summed E-state index contributed by atoms with van der Waals surface area (Å²) in [7, 11) is 1.81. The molecule has 19 heavy (non-hydrogen) atoms. The molecule has 0 spiro atoms. The Bertz CT molecular complexity index is 415. The molecule has 1 aromatic carbocycles. The second-order valence-corrected chi connectivity index (χ2v) is 4.19. The molecule has 104 valence electrons. The molecule has 2 amide bonds. The SMILES string of the molecule is CCNC(=O)c1ccc(CNC(=O)CCNC)cc1. The Morgan fingerprint density at radius 1 is 1.11 bits per heavy atom. The van der Waals surface area contributed by atoms with Crippen LogP contribution in [-0.2, 0) is 11.3 Å². The highest BCUT2D eigenvalue weighted by atomic mass is 16.2. The first-order chi connectivity index (χ1) is 9.17. The molecule has 0 aliphatic carbocycles. The van der Waals surface area contributed by atoms with E-state index in [1.807, 2.05) is 26.1 Å².